The fourth-order valence-corrected chi connectivity index (χ4v) is 3.73. The summed E-state index contributed by atoms with van der Waals surface area (Å²) < 4.78 is 24.7. The van der Waals surface area contributed by atoms with Gasteiger partial charge in [0.2, 0.25) is 15.9 Å². The SMILES string of the molecule is CC(C)NC(=O)c1ccccc1NC(=O)C1CCCN(S(C)(=O)=O)C1. The number of piperidine rings is 1. The Morgan fingerprint density at radius 1 is 1.24 bits per heavy atom. The fourth-order valence-electron chi connectivity index (χ4n) is 2.82. The van der Waals surface area contributed by atoms with E-state index < -0.39 is 15.9 Å². The second-order valence-corrected chi connectivity index (χ2v) is 8.61. The lowest BCUT2D eigenvalue weighted by Gasteiger charge is -2.30. The maximum absolute atomic E-state index is 12.6. The van der Waals surface area contributed by atoms with Gasteiger partial charge in [-0.15, -0.1) is 0 Å². The molecule has 1 aliphatic rings. The summed E-state index contributed by atoms with van der Waals surface area (Å²) in [5.41, 5.74) is 0.822. The number of rotatable bonds is 5. The Balaban J connectivity index is 2.12. The van der Waals surface area contributed by atoms with Gasteiger partial charge in [-0.1, -0.05) is 12.1 Å². The van der Waals surface area contributed by atoms with Gasteiger partial charge in [0, 0.05) is 19.1 Å². The van der Waals surface area contributed by atoms with E-state index in [4.69, 9.17) is 0 Å². The van der Waals surface area contributed by atoms with Gasteiger partial charge in [-0.2, -0.15) is 0 Å². The van der Waals surface area contributed by atoms with Gasteiger partial charge in [0.25, 0.3) is 5.91 Å². The molecule has 138 valence electrons. The van der Waals surface area contributed by atoms with Gasteiger partial charge in [-0.25, -0.2) is 12.7 Å². The number of benzene rings is 1. The van der Waals surface area contributed by atoms with Crippen LogP contribution in [0.4, 0.5) is 5.69 Å². The van der Waals surface area contributed by atoms with Crippen molar-refractivity contribution >= 4 is 27.5 Å². The Hall–Kier alpha value is -1.93. The molecular formula is C17H25N3O4S. The summed E-state index contributed by atoms with van der Waals surface area (Å²) in [6.45, 7) is 4.34. The standard InChI is InChI=1S/C17H25N3O4S/c1-12(2)18-17(22)14-8-4-5-9-15(14)19-16(21)13-7-6-10-20(11-13)25(3,23)24/h4-5,8-9,12-13H,6-7,10-11H2,1-3H3,(H,18,22)(H,19,21). The number of nitrogens with zero attached hydrogens (tertiary/aromatic N) is 1. The van der Waals surface area contributed by atoms with Crippen molar-refractivity contribution in [1.82, 2.24) is 9.62 Å². The molecule has 1 saturated heterocycles. The molecule has 25 heavy (non-hydrogen) atoms. The van der Waals surface area contributed by atoms with E-state index in [9.17, 15) is 18.0 Å². The number of sulfonamides is 1. The third-order valence-electron chi connectivity index (χ3n) is 4.07. The Kier molecular flexibility index (Phi) is 6.18. The van der Waals surface area contributed by atoms with E-state index in [1.54, 1.807) is 24.3 Å². The average Bonchev–Trinajstić information content (AvgIpc) is 2.54. The molecule has 0 saturated carbocycles. The van der Waals surface area contributed by atoms with Crippen LogP contribution in [0.1, 0.15) is 37.0 Å². The van der Waals surface area contributed by atoms with Crippen LogP contribution in [0.25, 0.3) is 0 Å². The lowest BCUT2D eigenvalue weighted by molar-refractivity contribution is -0.120. The summed E-state index contributed by atoms with van der Waals surface area (Å²) in [7, 11) is -3.31. The Morgan fingerprint density at radius 3 is 2.56 bits per heavy atom. The zero-order valence-corrected chi connectivity index (χ0v) is 15.6. The second kappa shape index (κ2) is 7.97. The molecule has 1 aliphatic heterocycles. The molecule has 1 aromatic rings. The first-order valence-corrected chi connectivity index (χ1v) is 10.2. The molecule has 0 aromatic heterocycles. The molecule has 1 aromatic carbocycles. The maximum Gasteiger partial charge on any atom is 0.253 e. The Bertz CT molecular complexity index is 746. The van der Waals surface area contributed by atoms with Gasteiger partial charge < -0.3 is 10.6 Å². The number of amides is 2. The van der Waals surface area contributed by atoms with Crippen LogP contribution in [0, 0.1) is 5.92 Å². The van der Waals surface area contributed by atoms with E-state index in [1.807, 2.05) is 13.8 Å². The van der Waals surface area contributed by atoms with Crippen LogP contribution in [0.15, 0.2) is 24.3 Å². The van der Waals surface area contributed by atoms with Crippen LogP contribution in [0.5, 0.6) is 0 Å². The molecule has 1 fully saturated rings. The quantitative estimate of drug-likeness (QED) is 0.823. The highest BCUT2D eigenvalue weighted by molar-refractivity contribution is 7.88. The van der Waals surface area contributed by atoms with Crippen molar-refractivity contribution in [3.63, 3.8) is 0 Å². The summed E-state index contributed by atoms with van der Waals surface area (Å²) in [5.74, 6) is -0.949. The molecule has 0 aliphatic carbocycles. The van der Waals surface area contributed by atoms with Crippen molar-refractivity contribution in [2.75, 3.05) is 24.7 Å². The molecule has 0 bridgehead atoms. The average molecular weight is 367 g/mol. The molecule has 0 spiro atoms. The molecule has 2 rings (SSSR count). The van der Waals surface area contributed by atoms with Crippen molar-refractivity contribution in [1.29, 1.82) is 0 Å². The van der Waals surface area contributed by atoms with Crippen LogP contribution < -0.4 is 10.6 Å². The molecular weight excluding hydrogens is 342 g/mol. The number of hydrogen-bond acceptors (Lipinski definition) is 4. The van der Waals surface area contributed by atoms with E-state index in [0.29, 0.717) is 30.6 Å². The zero-order valence-electron chi connectivity index (χ0n) is 14.8. The monoisotopic (exact) mass is 367 g/mol. The molecule has 2 N–H and O–H groups in total. The normalized spacial score (nSPS) is 18.8. The lowest BCUT2D eigenvalue weighted by atomic mass is 9.98. The largest absolute Gasteiger partial charge is 0.350 e. The van der Waals surface area contributed by atoms with E-state index in [-0.39, 0.29) is 24.4 Å². The molecule has 7 nitrogen and oxygen atoms in total. The highest BCUT2D eigenvalue weighted by atomic mass is 32.2. The van der Waals surface area contributed by atoms with Crippen LogP contribution in [0.2, 0.25) is 0 Å². The van der Waals surface area contributed by atoms with Gasteiger partial charge >= 0.3 is 0 Å². The predicted octanol–water partition coefficient (Wildman–Crippen LogP) is 1.43. The first-order chi connectivity index (χ1) is 11.7. The first kappa shape index (κ1) is 19.4. The van der Waals surface area contributed by atoms with Crippen LogP contribution >= 0.6 is 0 Å². The third kappa shape index (κ3) is 5.27. The zero-order chi connectivity index (χ0) is 18.6. The fraction of sp³-hybridized carbons (Fsp3) is 0.529. The number of para-hydroxylation sites is 1. The maximum atomic E-state index is 12.6. The van der Waals surface area contributed by atoms with Gasteiger partial charge in [0.1, 0.15) is 0 Å². The van der Waals surface area contributed by atoms with Crippen molar-refractivity contribution in [3.8, 4) is 0 Å². The molecule has 8 heteroatoms. The number of anilines is 1. The molecule has 2 amide bonds. The van der Waals surface area contributed by atoms with E-state index in [0.717, 1.165) is 6.26 Å². The molecule has 1 atom stereocenters. The third-order valence-corrected chi connectivity index (χ3v) is 5.34. The number of carbonyl (C=O) groups is 2. The molecule has 1 unspecified atom stereocenters. The summed E-state index contributed by atoms with van der Waals surface area (Å²) in [4.78, 5) is 24.8. The molecule has 1 heterocycles. The van der Waals surface area contributed by atoms with Crippen LogP contribution in [0.3, 0.4) is 0 Å². The second-order valence-electron chi connectivity index (χ2n) is 6.62. The van der Waals surface area contributed by atoms with Gasteiger partial charge in [-0.05, 0) is 38.8 Å². The van der Waals surface area contributed by atoms with Crippen molar-refractivity contribution < 1.29 is 18.0 Å². The number of hydrogen-bond donors (Lipinski definition) is 2. The van der Waals surface area contributed by atoms with Gasteiger partial charge in [-0.3, -0.25) is 9.59 Å². The smallest absolute Gasteiger partial charge is 0.253 e. The summed E-state index contributed by atoms with van der Waals surface area (Å²) in [6.07, 6.45) is 2.41. The lowest BCUT2D eigenvalue weighted by Crippen LogP contribution is -2.43. The first-order valence-electron chi connectivity index (χ1n) is 8.34. The van der Waals surface area contributed by atoms with Gasteiger partial charge in [0.15, 0.2) is 0 Å². The predicted molar refractivity (Wildman–Crippen MR) is 96.8 cm³/mol. The van der Waals surface area contributed by atoms with E-state index in [2.05, 4.69) is 10.6 Å². The van der Waals surface area contributed by atoms with E-state index in [1.165, 1.54) is 4.31 Å². The van der Waals surface area contributed by atoms with Crippen LogP contribution in [-0.2, 0) is 14.8 Å². The van der Waals surface area contributed by atoms with Gasteiger partial charge in [0.05, 0.1) is 23.4 Å². The topological polar surface area (TPSA) is 95.6 Å². The van der Waals surface area contributed by atoms with Crippen LogP contribution in [-0.4, -0.2) is 49.9 Å². The Labute approximate surface area is 148 Å². The minimum atomic E-state index is -3.31. The summed E-state index contributed by atoms with van der Waals surface area (Å²) >= 11 is 0. The van der Waals surface area contributed by atoms with E-state index >= 15 is 0 Å². The Morgan fingerprint density at radius 2 is 1.92 bits per heavy atom. The highest BCUT2D eigenvalue weighted by Crippen LogP contribution is 2.22. The van der Waals surface area contributed by atoms with Crippen molar-refractivity contribution in [2.24, 2.45) is 5.92 Å². The minimum absolute atomic E-state index is 0.0158. The minimum Gasteiger partial charge on any atom is -0.350 e. The van der Waals surface area contributed by atoms with Crippen molar-refractivity contribution in [3.05, 3.63) is 29.8 Å². The van der Waals surface area contributed by atoms with Crippen molar-refractivity contribution in [2.45, 2.75) is 32.7 Å². The summed E-state index contributed by atoms with van der Waals surface area (Å²) in [5, 5.41) is 5.59. The number of carbonyl (C=O) groups excluding carboxylic acids is 2. The number of nitrogens with one attached hydrogen (secondary N) is 2. The molecule has 0 radical (unpaired) electrons. The summed E-state index contributed by atoms with van der Waals surface area (Å²) in [6, 6.07) is 6.78. The highest BCUT2D eigenvalue weighted by Gasteiger charge is 2.30.